The maximum Gasteiger partial charge on any atom is 0.254 e. The summed E-state index contributed by atoms with van der Waals surface area (Å²) in [5.41, 5.74) is 0.434. The fourth-order valence-electron chi connectivity index (χ4n) is 4.94. The van der Waals surface area contributed by atoms with E-state index in [4.69, 9.17) is 11.6 Å². The molecule has 0 bridgehead atoms. The van der Waals surface area contributed by atoms with Crippen LogP contribution in [0.5, 0.6) is 0 Å². The summed E-state index contributed by atoms with van der Waals surface area (Å²) in [5.74, 6) is 0.540. The number of rotatable bonds is 3. The monoisotopic (exact) mass is 410 g/mol. The summed E-state index contributed by atoms with van der Waals surface area (Å²) < 4.78 is 27.4. The molecule has 1 aromatic rings. The van der Waals surface area contributed by atoms with Crippen LogP contribution in [-0.4, -0.2) is 49.2 Å². The van der Waals surface area contributed by atoms with Gasteiger partial charge in [0.05, 0.1) is 5.02 Å². The van der Waals surface area contributed by atoms with E-state index in [1.807, 2.05) is 4.90 Å². The number of likely N-dealkylation sites (tertiary alicyclic amines) is 1. The largest absolute Gasteiger partial charge is 0.335 e. The summed E-state index contributed by atoms with van der Waals surface area (Å²) in [7, 11) is -3.65. The number of benzene rings is 1. The first-order valence-electron chi connectivity index (χ1n) is 10.1. The number of piperidine rings is 1. The number of fused-ring (bicyclic) bond motifs is 1. The Bertz CT molecular complexity index is 819. The van der Waals surface area contributed by atoms with Gasteiger partial charge in [0.1, 0.15) is 4.90 Å². The molecule has 2 aliphatic heterocycles. The molecule has 148 valence electrons. The molecule has 5 nitrogen and oxygen atoms in total. The van der Waals surface area contributed by atoms with Gasteiger partial charge in [0.15, 0.2) is 0 Å². The number of carbonyl (C=O) groups excluding carboxylic acids is 1. The van der Waals surface area contributed by atoms with Gasteiger partial charge in [-0.3, -0.25) is 4.79 Å². The van der Waals surface area contributed by atoms with Gasteiger partial charge in [-0.2, -0.15) is 4.31 Å². The van der Waals surface area contributed by atoms with E-state index in [0.29, 0.717) is 30.6 Å². The van der Waals surface area contributed by atoms with Crippen LogP contribution in [0.2, 0.25) is 5.02 Å². The molecule has 4 rings (SSSR count). The topological polar surface area (TPSA) is 57.7 Å². The number of carbonyl (C=O) groups is 1. The molecule has 3 aliphatic rings. The van der Waals surface area contributed by atoms with Crippen LogP contribution in [-0.2, 0) is 10.0 Å². The van der Waals surface area contributed by atoms with Gasteiger partial charge in [0.25, 0.3) is 5.91 Å². The summed E-state index contributed by atoms with van der Waals surface area (Å²) >= 11 is 6.23. The average Bonchev–Trinajstić information content (AvgIpc) is 3.23. The van der Waals surface area contributed by atoms with E-state index in [9.17, 15) is 13.2 Å². The zero-order chi connectivity index (χ0) is 19.0. The molecule has 1 aliphatic carbocycles. The van der Waals surface area contributed by atoms with Crippen LogP contribution >= 0.6 is 11.6 Å². The summed E-state index contributed by atoms with van der Waals surface area (Å²) in [6.45, 7) is 1.80. The summed E-state index contributed by atoms with van der Waals surface area (Å²) in [5, 5.41) is 0.188. The van der Waals surface area contributed by atoms with Crippen LogP contribution in [0, 0.1) is 5.92 Å². The quantitative estimate of drug-likeness (QED) is 0.758. The first-order chi connectivity index (χ1) is 13.0. The predicted octanol–water partition coefficient (Wildman–Crippen LogP) is 3.92. The predicted molar refractivity (Wildman–Crippen MR) is 105 cm³/mol. The molecule has 0 radical (unpaired) electrons. The lowest BCUT2D eigenvalue weighted by atomic mass is 9.78. The van der Waals surface area contributed by atoms with Crippen LogP contribution in [0.25, 0.3) is 0 Å². The van der Waals surface area contributed by atoms with Crippen molar-refractivity contribution < 1.29 is 13.2 Å². The normalized spacial score (nSPS) is 26.8. The number of sulfonamides is 1. The second-order valence-corrected chi connectivity index (χ2v) is 10.3. The molecule has 7 heteroatoms. The van der Waals surface area contributed by atoms with Crippen LogP contribution in [0.15, 0.2) is 23.1 Å². The van der Waals surface area contributed by atoms with Crippen molar-refractivity contribution in [2.24, 2.45) is 5.92 Å². The minimum atomic E-state index is -3.65. The van der Waals surface area contributed by atoms with Crippen molar-refractivity contribution in [3.63, 3.8) is 0 Å². The smallest absolute Gasteiger partial charge is 0.254 e. The first-order valence-corrected chi connectivity index (χ1v) is 11.9. The first kappa shape index (κ1) is 19.2. The van der Waals surface area contributed by atoms with E-state index < -0.39 is 10.0 Å². The minimum Gasteiger partial charge on any atom is -0.335 e. The molecule has 0 aromatic heterocycles. The molecule has 2 atom stereocenters. The van der Waals surface area contributed by atoms with Crippen molar-refractivity contribution in [3.05, 3.63) is 28.8 Å². The Labute approximate surface area is 166 Å². The Morgan fingerprint density at radius 1 is 0.963 bits per heavy atom. The van der Waals surface area contributed by atoms with Gasteiger partial charge in [0, 0.05) is 31.2 Å². The van der Waals surface area contributed by atoms with Crippen LogP contribution in [0.1, 0.15) is 61.7 Å². The van der Waals surface area contributed by atoms with Gasteiger partial charge >= 0.3 is 0 Å². The Kier molecular flexibility index (Phi) is 5.50. The molecule has 2 heterocycles. The van der Waals surface area contributed by atoms with Crippen LogP contribution in [0.4, 0.5) is 0 Å². The molecule has 1 saturated carbocycles. The van der Waals surface area contributed by atoms with Gasteiger partial charge in [0.2, 0.25) is 10.0 Å². The maximum absolute atomic E-state index is 13.2. The fourth-order valence-corrected chi connectivity index (χ4v) is 6.96. The highest BCUT2D eigenvalue weighted by Gasteiger charge is 2.37. The highest BCUT2D eigenvalue weighted by atomic mass is 35.5. The summed E-state index contributed by atoms with van der Waals surface area (Å²) in [6.07, 6.45) is 8.64. The van der Waals surface area contributed by atoms with Crippen molar-refractivity contribution >= 4 is 27.5 Å². The van der Waals surface area contributed by atoms with Gasteiger partial charge in [-0.25, -0.2) is 8.42 Å². The van der Waals surface area contributed by atoms with Crippen LogP contribution < -0.4 is 0 Å². The third-order valence-corrected chi connectivity index (χ3v) is 8.75. The van der Waals surface area contributed by atoms with Crippen molar-refractivity contribution in [2.75, 3.05) is 19.6 Å². The molecule has 1 aromatic carbocycles. The highest BCUT2D eigenvalue weighted by Crippen LogP contribution is 2.36. The molecule has 27 heavy (non-hydrogen) atoms. The second kappa shape index (κ2) is 7.72. The third-order valence-electron chi connectivity index (χ3n) is 6.37. The van der Waals surface area contributed by atoms with Crippen molar-refractivity contribution in [3.8, 4) is 0 Å². The van der Waals surface area contributed by atoms with E-state index in [1.54, 1.807) is 12.1 Å². The van der Waals surface area contributed by atoms with Gasteiger partial charge < -0.3 is 4.90 Å². The summed E-state index contributed by atoms with van der Waals surface area (Å²) in [4.78, 5) is 15.3. The van der Waals surface area contributed by atoms with Gasteiger partial charge in [-0.15, -0.1) is 0 Å². The van der Waals surface area contributed by atoms with E-state index >= 15 is 0 Å². The molecule has 2 saturated heterocycles. The number of hydrogen-bond acceptors (Lipinski definition) is 3. The van der Waals surface area contributed by atoms with E-state index in [1.165, 1.54) is 36.1 Å². The summed E-state index contributed by atoms with van der Waals surface area (Å²) in [6, 6.07) is 5.01. The third kappa shape index (κ3) is 3.64. The van der Waals surface area contributed by atoms with E-state index in [2.05, 4.69) is 0 Å². The van der Waals surface area contributed by atoms with Crippen molar-refractivity contribution in [2.45, 2.75) is 62.3 Å². The number of nitrogens with zero attached hydrogens (tertiary/aromatic N) is 2. The molecule has 0 N–H and O–H groups in total. The lowest BCUT2D eigenvalue weighted by Crippen LogP contribution is -2.49. The van der Waals surface area contributed by atoms with Crippen molar-refractivity contribution in [1.82, 2.24) is 9.21 Å². The minimum absolute atomic E-state index is 0.0545. The van der Waals surface area contributed by atoms with Crippen molar-refractivity contribution in [1.29, 1.82) is 0 Å². The zero-order valence-corrected chi connectivity index (χ0v) is 17.1. The number of amides is 1. The van der Waals surface area contributed by atoms with E-state index in [-0.39, 0.29) is 15.8 Å². The number of hydrogen-bond donors (Lipinski definition) is 0. The highest BCUT2D eigenvalue weighted by molar-refractivity contribution is 7.89. The Morgan fingerprint density at radius 3 is 2.44 bits per heavy atom. The molecular formula is C20H27ClN2O3S. The fraction of sp³-hybridized carbons (Fsp3) is 0.650. The van der Waals surface area contributed by atoms with E-state index in [0.717, 1.165) is 32.2 Å². The molecule has 2 unspecified atom stereocenters. The zero-order valence-electron chi connectivity index (χ0n) is 15.6. The molecule has 0 spiro atoms. The standard InChI is InChI=1S/C20H27ClN2O3S/c21-17-10-9-16(14-19(17)27(25,26)22-11-3-4-12-22)20(24)23-13-5-7-15-6-1-2-8-18(15)23/h9-10,14-15,18H,1-8,11-13H2. The second-order valence-electron chi connectivity index (χ2n) is 8.01. The molecule has 3 fully saturated rings. The Morgan fingerprint density at radius 2 is 1.67 bits per heavy atom. The van der Waals surface area contributed by atoms with Crippen LogP contribution in [0.3, 0.4) is 0 Å². The van der Waals surface area contributed by atoms with Gasteiger partial charge in [-0.1, -0.05) is 24.4 Å². The molecular weight excluding hydrogens is 384 g/mol. The van der Waals surface area contributed by atoms with Gasteiger partial charge in [-0.05, 0) is 62.6 Å². The SMILES string of the molecule is O=C(c1ccc(Cl)c(S(=O)(=O)N2CCCC2)c1)N1CCCC2CCCCC21. The Hall–Kier alpha value is -1.11. The average molecular weight is 411 g/mol. The number of halogens is 1. The Balaban J connectivity index is 1.63. The lowest BCUT2D eigenvalue weighted by molar-refractivity contribution is 0.0390. The lowest BCUT2D eigenvalue weighted by Gasteiger charge is -2.44. The molecule has 1 amide bonds. The maximum atomic E-state index is 13.2.